The SMILES string of the molecule is COc1ccc(OCCNc2cc(C)nc(NC3CC3)n2)cc1. The molecule has 1 heterocycles. The summed E-state index contributed by atoms with van der Waals surface area (Å²) in [5.41, 5.74) is 0.946. The molecule has 2 aromatic rings. The van der Waals surface area contributed by atoms with Crippen molar-refractivity contribution in [2.24, 2.45) is 0 Å². The molecule has 0 aliphatic heterocycles. The van der Waals surface area contributed by atoms with Crippen molar-refractivity contribution in [1.82, 2.24) is 9.97 Å². The van der Waals surface area contributed by atoms with Gasteiger partial charge in [-0.2, -0.15) is 4.98 Å². The molecule has 1 aromatic carbocycles. The molecule has 1 aliphatic rings. The molecule has 0 unspecified atom stereocenters. The minimum absolute atomic E-state index is 0.544. The number of anilines is 2. The van der Waals surface area contributed by atoms with Crippen molar-refractivity contribution in [2.75, 3.05) is 30.9 Å². The molecule has 1 aliphatic carbocycles. The van der Waals surface area contributed by atoms with Crippen LogP contribution in [0.25, 0.3) is 0 Å². The molecular weight excluding hydrogens is 292 g/mol. The van der Waals surface area contributed by atoms with Gasteiger partial charge in [0.1, 0.15) is 23.9 Å². The highest BCUT2D eigenvalue weighted by Gasteiger charge is 2.22. The zero-order valence-corrected chi connectivity index (χ0v) is 13.5. The molecule has 0 atom stereocenters. The van der Waals surface area contributed by atoms with E-state index < -0.39 is 0 Å². The van der Waals surface area contributed by atoms with E-state index >= 15 is 0 Å². The van der Waals surface area contributed by atoms with Crippen LogP contribution in [-0.4, -0.2) is 36.3 Å². The van der Waals surface area contributed by atoms with Gasteiger partial charge in [-0.25, -0.2) is 4.98 Å². The van der Waals surface area contributed by atoms with Gasteiger partial charge in [0.05, 0.1) is 13.7 Å². The van der Waals surface area contributed by atoms with E-state index in [-0.39, 0.29) is 0 Å². The molecule has 3 rings (SSSR count). The molecule has 23 heavy (non-hydrogen) atoms. The molecule has 0 radical (unpaired) electrons. The quantitative estimate of drug-likeness (QED) is 0.730. The second kappa shape index (κ2) is 7.17. The summed E-state index contributed by atoms with van der Waals surface area (Å²) in [7, 11) is 1.65. The lowest BCUT2D eigenvalue weighted by atomic mass is 10.3. The lowest BCUT2D eigenvalue weighted by Crippen LogP contribution is -2.14. The van der Waals surface area contributed by atoms with Crippen LogP contribution in [0.3, 0.4) is 0 Å². The van der Waals surface area contributed by atoms with E-state index in [0.717, 1.165) is 23.0 Å². The summed E-state index contributed by atoms with van der Waals surface area (Å²) in [5, 5.41) is 6.59. The summed E-state index contributed by atoms with van der Waals surface area (Å²) in [4.78, 5) is 8.88. The first-order valence-electron chi connectivity index (χ1n) is 7.86. The maximum Gasteiger partial charge on any atom is 0.225 e. The molecule has 122 valence electrons. The Kier molecular flexibility index (Phi) is 4.80. The third-order valence-electron chi connectivity index (χ3n) is 3.50. The zero-order chi connectivity index (χ0) is 16.1. The Labute approximate surface area is 136 Å². The van der Waals surface area contributed by atoms with Gasteiger partial charge in [0.25, 0.3) is 0 Å². The van der Waals surface area contributed by atoms with Crippen molar-refractivity contribution in [2.45, 2.75) is 25.8 Å². The fourth-order valence-electron chi connectivity index (χ4n) is 2.15. The van der Waals surface area contributed by atoms with Gasteiger partial charge < -0.3 is 20.1 Å². The Bertz CT molecular complexity index is 642. The Balaban J connectivity index is 1.46. The number of hydrogen-bond acceptors (Lipinski definition) is 6. The predicted molar refractivity (Wildman–Crippen MR) is 90.4 cm³/mol. The van der Waals surface area contributed by atoms with Gasteiger partial charge in [-0.3, -0.25) is 0 Å². The molecule has 0 saturated heterocycles. The average molecular weight is 314 g/mol. The lowest BCUT2D eigenvalue weighted by molar-refractivity contribution is 0.331. The zero-order valence-electron chi connectivity index (χ0n) is 13.5. The molecule has 6 nitrogen and oxygen atoms in total. The van der Waals surface area contributed by atoms with Gasteiger partial charge >= 0.3 is 0 Å². The highest BCUT2D eigenvalue weighted by Crippen LogP contribution is 2.23. The first-order valence-corrected chi connectivity index (χ1v) is 7.86. The summed E-state index contributed by atoms with van der Waals surface area (Å²) in [6.07, 6.45) is 2.41. The van der Waals surface area contributed by atoms with Crippen molar-refractivity contribution in [3.8, 4) is 11.5 Å². The fourth-order valence-corrected chi connectivity index (χ4v) is 2.15. The monoisotopic (exact) mass is 314 g/mol. The van der Waals surface area contributed by atoms with Crippen LogP contribution in [0.1, 0.15) is 18.5 Å². The summed E-state index contributed by atoms with van der Waals surface area (Å²) >= 11 is 0. The second-order valence-corrected chi connectivity index (χ2v) is 5.59. The minimum Gasteiger partial charge on any atom is -0.497 e. The molecule has 1 saturated carbocycles. The number of ether oxygens (including phenoxy) is 2. The van der Waals surface area contributed by atoms with Gasteiger partial charge in [-0.15, -0.1) is 0 Å². The maximum atomic E-state index is 5.69. The van der Waals surface area contributed by atoms with Gasteiger partial charge in [-0.1, -0.05) is 0 Å². The molecule has 0 spiro atoms. The number of benzene rings is 1. The van der Waals surface area contributed by atoms with E-state index in [1.54, 1.807) is 7.11 Å². The number of methoxy groups -OCH3 is 1. The summed E-state index contributed by atoms with van der Waals surface area (Å²) in [5.74, 6) is 3.16. The largest absolute Gasteiger partial charge is 0.497 e. The Morgan fingerprint density at radius 2 is 1.87 bits per heavy atom. The van der Waals surface area contributed by atoms with Crippen LogP contribution in [-0.2, 0) is 0 Å². The molecule has 0 amide bonds. The first-order chi connectivity index (χ1) is 11.2. The highest BCUT2D eigenvalue weighted by atomic mass is 16.5. The standard InChI is InChI=1S/C17H22N4O2/c1-12-11-16(21-17(19-12)20-13-3-4-13)18-9-10-23-15-7-5-14(22-2)6-8-15/h5-8,11,13H,3-4,9-10H2,1-2H3,(H2,18,19,20,21). The second-order valence-electron chi connectivity index (χ2n) is 5.59. The molecule has 6 heteroatoms. The van der Waals surface area contributed by atoms with Crippen LogP contribution in [0.2, 0.25) is 0 Å². The van der Waals surface area contributed by atoms with E-state index in [9.17, 15) is 0 Å². The van der Waals surface area contributed by atoms with Crippen LogP contribution < -0.4 is 20.1 Å². The molecule has 1 fully saturated rings. The van der Waals surface area contributed by atoms with Gasteiger partial charge in [-0.05, 0) is 44.0 Å². The number of aryl methyl sites for hydroxylation is 1. The smallest absolute Gasteiger partial charge is 0.225 e. The fraction of sp³-hybridized carbons (Fsp3) is 0.412. The van der Waals surface area contributed by atoms with Crippen molar-refractivity contribution < 1.29 is 9.47 Å². The van der Waals surface area contributed by atoms with E-state index in [0.29, 0.717) is 25.1 Å². The van der Waals surface area contributed by atoms with Crippen molar-refractivity contribution >= 4 is 11.8 Å². The van der Waals surface area contributed by atoms with Crippen LogP contribution in [0.5, 0.6) is 11.5 Å². The van der Waals surface area contributed by atoms with Crippen molar-refractivity contribution in [1.29, 1.82) is 0 Å². The van der Waals surface area contributed by atoms with E-state index in [1.165, 1.54) is 12.8 Å². The summed E-state index contributed by atoms with van der Waals surface area (Å²) in [6.45, 7) is 3.20. The van der Waals surface area contributed by atoms with Crippen molar-refractivity contribution in [3.63, 3.8) is 0 Å². The van der Waals surface area contributed by atoms with Gasteiger partial charge in [0.2, 0.25) is 5.95 Å². The Morgan fingerprint density at radius 3 is 2.57 bits per heavy atom. The predicted octanol–water partition coefficient (Wildman–Crippen LogP) is 2.86. The third-order valence-corrected chi connectivity index (χ3v) is 3.50. The molecular formula is C17H22N4O2. The molecule has 2 N–H and O–H groups in total. The number of nitrogens with one attached hydrogen (secondary N) is 2. The van der Waals surface area contributed by atoms with Gasteiger partial charge in [0.15, 0.2) is 0 Å². The highest BCUT2D eigenvalue weighted by molar-refractivity contribution is 5.43. The van der Waals surface area contributed by atoms with Gasteiger partial charge in [0, 0.05) is 17.8 Å². The average Bonchev–Trinajstić information content (AvgIpc) is 3.35. The van der Waals surface area contributed by atoms with Crippen LogP contribution in [0.4, 0.5) is 11.8 Å². The lowest BCUT2D eigenvalue weighted by Gasteiger charge is -2.10. The van der Waals surface area contributed by atoms with Crippen LogP contribution >= 0.6 is 0 Å². The van der Waals surface area contributed by atoms with Crippen molar-refractivity contribution in [3.05, 3.63) is 36.0 Å². The maximum absolute atomic E-state index is 5.69. The van der Waals surface area contributed by atoms with E-state index in [1.807, 2.05) is 37.3 Å². The minimum atomic E-state index is 0.544. The topological polar surface area (TPSA) is 68.3 Å². The van der Waals surface area contributed by atoms with Crippen LogP contribution in [0, 0.1) is 6.92 Å². The first kappa shape index (κ1) is 15.4. The Hall–Kier alpha value is -2.50. The van der Waals surface area contributed by atoms with Crippen LogP contribution in [0.15, 0.2) is 30.3 Å². The molecule has 0 bridgehead atoms. The van der Waals surface area contributed by atoms with E-state index in [4.69, 9.17) is 9.47 Å². The Morgan fingerprint density at radius 1 is 1.13 bits per heavy atom. The van der Waals surface area contributed by atoms with E-state index in [2.05, 4.69) is 20.6 Å². The normalized spacial score (nSPS) is 13.5. The number of hydrogen-bond donors (Lipinski definition) is 2. The molecule has 1 aromatic heterocycles. The summed E-state index contributed by atoms with van der Waals surface area (Å²) < 4.78 is 10.8. The summed E-state index contributed by atoms with van der Waals surface area (Å²) in [6, 6.07) is 10.0. The third kappa shape index (κ3) is 4.74. The number of aromatic nitrogens is 2. The number of nitrogens with zero attached hydrogens (tertiary/aromatic N) is 2. The number of rotatable bonds is 8.